The molecule has 0 unspecified atom stereocenters. The molecule has 32 heavy (non-hydrogen) atoms. The Morgan fingerprint density at radius 2 is 1.88 bits per heavy atom. The van der Waals surface area contributed by atoms with Crippen LogP contribution in [-0.4, -0.2) is 64.6 Å². The summed E-state index contributed by atoms with van der Waals surface area (Å²) in [4.78, 5) is 25.6. The molecule has 0 aromatic heterocycles. The van der Waals surface area contributed by atoms with Crippen LogP contribution in [0.3, 0.4) is 0 Å². The zero-order valence-corrected chi connectivity index (χ0v) is 19.5. The Bertz CT molecular complexity index is 915. The fourth-order valence-electron chi connectivity index (χ4n) is 3.06. The van der Waals surface area contributed by atoms with E-state index in [0.717, 1.165) is 5.57 Å². The number of nitrogens with zero attached hydrogens (tertiary/aromatic N) is 1. The summed E-state index contributed by atoms with van der Waals surface area (Å²) in [6, 6.07) is 4.51. The Balaban J connectivity index is 1.63. The number of benzene rings is 1. The largest absolute Gasteiger partial charge is 0.486 e. The van der Waals surface area contributed by atoms with Gasteiger partial charge in [-0.1, -0.05) is 18.6 Å². The molecule has 9 nitrogen and oxygen atoms in total. The number of carbonyl (C=O) groups is 2. The zero-order valence-electron chi connectivity index (χ0n) is 18.7. The van der Waals surface area contributed by atoms with Crippen LogP contribution in [0.2, 0.25) is 0 Å². The molecule has 0 aliphatic carbocycles. The maximum absolute atomic E-state index is 12.4. The van der Waals surface area contributed by atoms with Crippen LogP contribution >= 0.6 is 0 Å². The van der Waals surface area contributed by atoms with E-state index in [1.54, 1.807) is 11.0 Å². The molecule has 1 aliphatic rings. The zero-order chi connectivity index (χ0) is 23.6. The third-order valence-corrected chi connectivity index (χ3v) is 6.18. The number of likely N-dealkylation sites (N-methyl/N-ethyl adjacent to an activating group) is 1. The summed E-state index contributed by atoms with van der Waals surface area (Å²) < 4.78 is 43.3. The van der Waals surface area contributed by atoms with E-state index in [1.165, 1.54) is 12.1 Å². The number of hydrogen-bond acceptors (Lipinski definition) is 7. The lowest BCUT2D eigenvalue weighted by Crippen LogP contribution is -2.35. The van der Waals surface area contributed by atoms with Crippen LogP contribution in [0.5, 0.6) is 11.5 Å². The molecule has 0 radical (unpaired) electrons. The molecule has 0 saturated carbocycles. The van der Waals surface area contributed by atoms with Gasteiger partial charge in [0, 0.05) is 32.1 Å². The molecule has 2 rings (SSSR count). The monoisotopic (exact) mass is 468 g/mol. The first-order chi connectivity index (χ1) is 15.2. The van der Waals surface area contributed by atoms with Crippen molar-refractivity contribution in [1.29, 1.82) is 0 Å². The Labute approximate surface area is 189 Å². The van der Waals surface area contributed by atoms with E-state index >= 15 is 0 Å². The van der Waals surface area contributed by atoms with E-state index in [2.05, 4.69) is 11.3 Å². The number of ether oxygens (including phenoxy) is 3. The smallest absolute Gasteiger partial charge is 0.306 e. The minimum Gasteiger partial charge on any atom is -0.486 e. The Kier molecular flexibility index (Phi) is 9.98. The first-order valence-electron chi connectivity index (χ1n) is 10.7. The maximum Gasteiger partial charge on any atom is 0.306 e. The third kappa shape index (κ3) is 8.16. The summed E-state index contributed by atoms with van der Waals surface area (Å²) in [5, 5.41) is 0. The van der Waals surface area contributed by atoms with Crippen LogP contribution in [0.1, 0.15) is 39.5 Å². The van der Waals surface area contributed by atoms with E-state index in [1.807, 2.05) is 13.8 Å². The van der Waals surface area contributed by atoms with Crippen molar-refractivity contribution in [1.82, 2.24) is 9.62 Å². The van der Waals surface area contributed by atoms with Crippen LogP contribution in [-0.2, 0) is 24.3 Å². The molecular formula is C22H32N2O7S. The number of carbonyl (C=O) groups excluding carboxylic acids is 2. The van der Waals surface area contributed by atoms with Gasteiger partial charge in [0.1, 0.15) is 13.2 Å². The maximum atomic E-state index is 12.4. The molecule has 1 N–H and O–H groups in total. The lowest BCUT2D eigenvalue weighted by Gasteiger charge is -2.20. The number of sulfonamides is 1. The van der Waals surface area contributed by atoms with Crippen molar-refractivity contribution in [3.05, 3.63) is 30.4 Å². The quantitative estimate of drug-likeness (QED) is 0.269. The lowest BCUT2D eigenvalue weighted by molar-refractivity contribution is -0.151. The molecule has 0 atom stereocenters. The van der Waals surface area contributed by atoms with E-state index in [0.29, 0.717) is 57.1 Å². The molecule has 10 heteroatoms. The second-order valence-electron chi connectivity index (χ2n) is 7.54. The highest BCUT2D eigenvalue weighted by Crippen LogP contribution is 2.32. The van der Waals surface area contributed by atoms with Crippen molar-refractivity contribution in [2.45, 2.75) is 44.4 Å². The molecule has 1 aliphatic heterocycles. The normalized spacial score (nSPS) is 12.8. The van der Waals surface area contributed by atoms with Gasteiger partial charge in [-0.2, -0.15) is 0 Å². The molecule has 0 spiro atoms. The Hall–Kier alpha value is -2.59. The summed E-state index contributed by atoms with van der Waals surface area (Å²) in [6.45, 7) is 9.21. The summed E-state index contributed by atoms with van der Waals surface area (Å²) in [5.41, 5.74) is 0.858. The van der Waals surface area contributed by atoms with Crippen LogP contribution in [0.25, 0.3) is 0 Å². The van der Waals surface area contributed by atoms with Crippen molar-refractivity contribution in [3.63, 3.8) is 0 Å². The average molecular weight is 469 g/mol. The molecule has 0 saturated heterocycles. The first-order valence-corrected chi connectivity index (χ1v) is 12.2. The first kappa shape index (κ1) is 25.7. The van der Waals surface area contributed by atoms with Gasteiger partial charge in [0.2, 0.25) is 10.0 Å². The molecule has 1 aromatic rings. The highest BCUT2D eigenvalue weighted by atomic mass is 32.2. The van der Waals surface area contributed by atoms with Gasteiger partial charge in [0.15, 0.2) is 18.1 Å². The SMILES string of the molecule is C=C(C)CN(CC)C(=O)COC(=O)CCCCCNS(=O)(=O)c1ccc2c(c1)OCCO2. The van der Waals surface area contributed by atoms with Crippen LogP contribution in [0, 0.1) is 0 Å². The number of nitrogens with one attached hydrogen (secondary N) is 1. The van der Waals surface area contributed by atoms with Gasteiger partial charge >= 0.3 is 5.97 Å². The minimum atomic E-state index is -3.66. The second kappa shape index (κ2) is 12.4. The number of esters is 1. The predicted molar refractivity (Wildman–Crippen MR) is 119 cm³/mol. The lowest BCUT2D eigenvalue weighted by atomic mass is 10.2. The molecule has 1 aromatic carbocycles. The molecular weight excluding hydrogens is 436 g/mol. The van der Waals surface area contributed by atoms with Crippen LogP contribution in [0.15, 0.2) is 35.2 Å². The van der Waals surface area contributed by atoms with Crippen LogP contribution < -0.4 is 14.2 Å². The minimum absolute atomic E-state index is 0.114. The van der Waals surface area contributed by atoms with E-state index < -0.39 is 16.0 Å². The Morgan fingerprint density at radius 3 is 2.56 bits per heavy atom. The van der Waals surface area contributed by atoms with Gasteiger partial charge in [-0.15, -0.1) is 0 Å². The molecule has 1 amide bonds. The molecule has 0 fully saturated rings. The predicted octanol–water partition coefficient (Wildman–Crippen LogP) is 2.26. The van der Waals surface area contributed by atoms with Crippen molar-refractivity contribution in [2.24, 2.45) is 0 Å². The van der Waals surface area contributed by atoms with E-state index in [-0.39, 0.29) is 30.4 Å². The standard InChI is InChI=1S/C22H32N2O7S/c1-4-24(15-17(2)3)21(25)16-31-22(26)8-6-5-7-11-23-32(27,28)18-9-10-19-20(14-18)30-13-12-29-19/h9-10,14,23H,2,4-8,11-13,15-16H2,1,3H3. The topological polar surface area (TPSA) is 111 Å². The van der Waals surface area contributed by atoms with E-state index in [4.69, 9.17) is 14.2 Å². The van der Waals surface area contributed by atoms with Gasteiger partial charge in [-0.05, 0) is 38.8 Å². The number of unbranched alkanes of at least 4 members (excludes halogenated alkanes) is 2. The number of rotatable bonds is 13. The summed E-state index contributed by atoms with van der Waals surface area (Å²) in [5.74, 6) is 0.249. The van der Waals surface area contributed by atoms with Crippen molar-refractivity contribution >= 4 is 21.9 Å². The third-order valence-electron chi connectivity index (χ3n) is 4.73. The summed E-state index contributed by atoms with van der Waals surface area (Å²) in [7, 11) is -3.66. The molecule has 1 heterocycles. The van der Waals surface area contributed by atoms with Gasteiger partial charge in [-0.3, -0.25) is 9.59 Å². The fourth-order valence-corrected chi connectivity index (χ4v) is 4.15. The highest BCUT2D eigenvalue weighted by molar-refractivity contribution is 7.89. The number of hydrogen-bond donors (Lipinski definition) is 1. The van der Waals surface area contributed by atoms with Gasteiger partial charge in [-0.25, -0.2) is 13.1 Å². The summed E-state index contributed by atoms with van der Waals surface area (Å²) in [6.07, 6.45) is 1.93. The van der Waals surface area contributed by atoms with Crippen molar-refractivity contribution < 1.29 is 32.2 Å². The van der Waals surface area contributed by atoms with Gasteiger partial charge in [0.05, 0.1) is 4.90 Å². The van der Waals surface area contributed by atoms with Crippen LogP contribution in [0.4, 0.5) is 0 Å². The number of amides is 1. The van der Waals surface area contributed by atoms with Gasteiger partial charge < -0.3 is 19.1 Å². The second-order valence-corrected chi connectivity index (χ2v) is 9.31. The summed E-state index contributed by atoms with van der Waals surface area (Å²) >= 11 is 0. The number of fused-ring (bicyclic) bond motifs is 1. The Morgan fingerprint density at radius 1 is 1.16 bits per heavy atom. The highest BCUT2D eigenvalue weighted by Gasteiger charge is 2.19. The van der Waals surface area contributed by atoms with Crippen molar-refractivity contribution in [3.8, 4) is 11.5 Å². The molecule has 0 bridgehead atoms. The fraction of sp³-hybridized carbons (Fsp3) is 0.545. The van der Waals surface area contributed by atoms with Gasteiger partial charge in [0.25, 0.3) is 5.91 Å². The average Bonchev–Trinajstić information content (AvgIpc) is 2.77. The van der Waals surface area contributed by atoms with Crippen molar-refractivity contribution in [2.75, 3.05) is 39.5 Å². The molecule has 178 valence electrons. The van der Waals surface area contributed by atoms with E-state index in [9.17, 15) is 18.0 Å².